The van der Waals surface area contributed by atoms with E-state index in [1.54, 1.807) is 10.6 Å². The van der Waals surface area contributed by atoms with Gasteiger partial charge >= 0.3 is 0 Å². The van der Waals surface area contributed by atoms with Gasteiger partial charge in [0.2, 0.25) is 5.91 Å². The summed E-state index contributed by atoms with van der Waals surface area (Å²) < 4.78 is 1.69. The van der Waals surface area contributed by atoms with Crippen LogP contribution >= 0.6 is 11.8 Å². The molecule has 0 bridgehead atoms. The predicted octanol–water partition coefficient (Wildman–Crippen LogP) is 4.42. The maximum Gasteiger partial charge on any atom is 0.262 e. The summed E-state index contributed by atoms with van der Waals surface area (Å²) in [6, 6.07) is 17.7. The van der Waals surface area contributed by atoms with Crippen LogP contribution in [0.4, 0.5) is 0 Å². The lowest BCUT2D eigenvalue weighted by Gasteiger charge is -2.19. The van der Waals surface area contributed by atoms with Crippen LogP contribution in [0, 0.1) is 0 Å². The Morgan fingerprint density at radius 2 is 1.80 bits per heavy atom. The summed E-state index contributed by atoms with van der Waals surface area (Å²) >= 11 is 1.34. The zero-order valence-electron chi connectivity index (χ0n) is 17.8. The third-order valence-electron chi connectivity index (χ3n) is 5.02. The normalized spacial score (nSPS) is 13.2. The number of aryl methyl sites for hydroxylation is 1. The van der Waals surface area contributed by atoms with E-state index in [9.17, 15) is 9.59 Å². The molecule has 0 fully saturated rings. The molecule has 3 rings (SSSR count). The highest BCUT2D eigenvalue weighted by Crippen LogP contribution is 2.23. The molecule has 2 unspecified atom stereocenters. The van der Waals surface area contributed by atoms with Gasteiger partial charge < -0.3 is 5.32 Å². The number of nitrogens with zero attached hydrogens (tertiary/aromatic N) is 2. The second-order valence-corrected chi connectivity index (χ2v) is 8.87. The van der Waals surface area contributed by atoms with Crippen LogP contribution in [0.15, 0.2) is 64.5 Å². The number of hydrogen-bond donors (Lipinski definition) is 1. The maximum atomic E-state index is 12.9. The van der Waals surface area contributed by atoms with Gasteiger partial charge in [0, 0.05) is 12.6 Å². The number of fused-ring (bicyclic) bond motifs is 1. The predicted molar refractivity (Wildman–Crippen MR) is 124 cm³/mol. The van der Waals surface area contributed by atoms with Crippen LogP contribution < -0.4 is 10.9 Å². The molecule has 6 heteroatoms. The number of para-hydroxylation sites is 1. The van der Waals surface area contributed by atoms with Crippen LogP contribution in [0.1, 0.15) is 39.2 Å². The number of hydrogen-bond acceptors (Lipinski definition) is 4. The zero-order chi connectivity index (χ0) is 21.5. The Balaban J connectivity index is 1.67. The second kappa shape index (κ2) is 10.4. The molecule has 1 amide bonds. The minimum Gasteiger partial charge on any atom is -0.353 e. The molecule has 30 heavy (non-hydrogen) atoms. The van der Waals surface area contributed by atoms with Crippen LogP contribution in [0.2, 0.25) is 0 Å². The van der Waals surface area contributed by atoms with Crippen molar-refractivity contribution in [2.75, 3.05) is 0 Å². The maximum absolute atomic E-state index is 12.9. The minimum absolute atomic E-state index is 0.0361. The zero-order valence-corrected chi connectivity index (χ0v) is 18.6. The van der Waals surface area contributed by atoms with Crippen LogP contribution in [0.5, 0.6) is 0 Å². The Morgan fingerprint density at radius 3 is 2.53 bits per heavy atom. The number of carbonyl (C=O) groups is 1. The molecule has 0 aliphatic rings. The molecule has 1 N–H and O–H groups in total. The molecule has 158 valence electrons. The molecule has 0 saturated carbocycles. The van der Waals surface area contributed by atoms with Crippen molar-refractivity contribution >= 4 is 28.6 Å². The number of rotatable bonds is 9. The molecule has 0 radical (unpaired) electrons. The molecule has 0 spiro atoms. The fraction of sp³-hybridized carbons (Fsp3) is 0.375. The number of amides is 1. The van der Waals surface area contributed by atoms with E-state index in [1.165, 1.54) is 17.3 Å². The smallest absolute Gasteiger partial charge is 0.262 e. The van der Waals surface area contributed by atoms with Crippen molar-refractivity contribution < 1.29 is 4.79 Å². The molecule has 5 nitrogen and oxygen atoms in total. The number of benzene rings is 2. The highest BCUT2D eigenvalue weighted by atomic mass is 32.2. The van der Waals surface area contributed by atoms with Crippen LogP contribution in [0.25, 0.3) is 10.9 Å². The van der Waals surface area contributed by atoms with Crippen molar-refractivity contribution in [1.82, 2.24) is 14.9 Å². The third-order valence-corrected chi connectivity index (χ3v) is 6.11. The van der Waals surface area contributed by atoms with Crippen molar-refractivity contribution in [3.63, 3.8) is 0 Å². The van der Waals surface area contributed by atoms with Gasteiger partial charge in [0.15, 0.2) is 5.16 Å². The molecule has 2 aromatic carbocycles. The topological polar surface area (TPSA) is 64.0 Å². The summed E-state index contributed by atoms with van der Waals surface area (Å²) in [6.45, 7) is 6.50. The minimum atomic E-state index is -0.347. The van der Waals surface area contributed by atoms with Crippen LogP contribution in [-0.4, -0.2) is 26.8 Å². The van der Waals surface area contributed by atoms with E-state index in [-0.39, 0.29) is 22.8 Å². The lowest BCUT2D eigenvalue weighted by molar-refractivity contribution is -0.120. The summed E-state index contributed by atoms with van der Waals surface area (Å²) in [6.07, 6.45) is 2.62. The Morgan fingerprint density at radius 1 is 1.10 bits per heavy atom. The van der Waals surface area contributed by atoms with Gasteiger partial charge in [-0.15, -0.1) is 0 Å². The number of aromatic nitrogens is 2. The Kier molecular flexibility index (Phi) is 7.69. The van der Waals surface area contributed by atoms with Gasteiger partial charge in [-0.25, -0.2) is 4.98 Å². The van der Waals surface area contributed by atoms with E-state index >= 15 is 0 Å². The average Bonchev–Trinajstić information content (AvgIpc) is 2.75. The monoisotopic (exact) mass is 423 g/mol. The molecule has 0 saturated heterocycles. The summed E-state index contributed by atoms with van der Waals surface area (Å²) in [5.74, 6) is -0.0361. The molecule has 1 heterocycles. The van der Waals surface area contributed by atoms with E-state index in [2.05, 4.69) is 22.4 Å². The standard InChI is InChI=1S/C24H29N3O2S/c1-4-16-27-23(29)20-12-8-9-13-21(20)26-24(27)30-18(3)22(28)25-17(2)14-15-19-10-6-5-7-11-19/h5-13,17-18H,4,14-16H2,1-3H3,(H,25,28). The Labute approximate surface area is 181 Å². The van der Waals surface area contributed by atoms with E-state index < -0.39 is 0 Å². The molecule has 2 atom stereocenters. The van der Waals surface area contributed by atoms with Gasteiger partial charge in [-0.3, -0.25) is 14.2 Å². The molecule has 1 aromatic heterocycles. The third kappa shape index (κ3) is 5.51. The highest BCUT2D eigenvalue weighted by molar-refractivity contribution is 8.00. The Bertz CT molecular complexity index is 1050. The van der Waals surface area contributed by atoms with Crippen molar-refractivity contribution in [3.8, 4) is 0 Å². The molecule has 0 aliphatic heterocycles. The largest absolute Gasteiger partial charge is 0.353 e. The van der Waals surface area contributed by atoms with E-state index in [0.717, 1.165) is 19.3 Å². The first-order valence-corrected chi connectivity index (χ1v) is 11.4. The first-order chi connectivity index (χ1) is 14.5. The van der Waals surface area contributed by atoms with E-state index in [1.807, 2.05) is 57.2 Å². The summed E-state index contributed by atoms with van der Waals surface area (Å²) in [7, 11) is 0. The van der Waals surface area contributed by atoms with Crippen LogP contribution in [0.3, 0.4) is 0 Å². The average molecular weight is 424 g/mol. The summed E-state index contributed by atoms with van der Waals surface area (Å²) in [5, 5.41) is 3.96. The first-order valence-electron chi connectivity index (χ1n) is 10.5. The molecule has 3 aromatic rings. The number of carbonyl (C=O) groups excluding carboxylic acids is 1. The fourth-order valence-corrected chi connectivity index (χ4v) is 4.27. The van der Waals surface area contributed by atoms with Gasteiger partial charge in [-0.05, 0) is 50.8 Å². The highest BCUT2D eigenvalue weighted by Gasteiger charge is 2.20. The lowest BCUT2D eigenvalue weighted by atomic mass is 10.1. The SMILES string of the molecule is CCCn1c(SC(C)C(=O)NC(C)CCc2ccccc2)nc2ccccc2c1=O. The molecule has 0 aliphatic carbocycles. The Hall–Kier alpha value is -2.60. The quantitative estimate of drug-likeness (QED) is 0.409. The van der Waals surface area contributed by atoms with Crippen molar-refractivity contribution in [2.24, 2.45) is 0 Å². The second-order valence-electron chi connectivity index (χ2n) is 7.56. The van der Waals surface area contributed by atoms with E-state index in [4.69, 9.17) is 0 Å². The summed E-state index contributed by atoms with van der Waals surface area (Å²) in [5.41, 5.74) is 1.89. The van der Waals surface area contributed by atoms with Gasteiger partial charge in [-0.1, -0.05) is 61.2 Å². The van der Waals surface area contributed by atoms with Crippen molar-refractivity contribution in [3.05, 3.63) is 70.5 Å². The number of nitrogens with one attached hydrogen (secondary N) is 1. The summed E-state index contributed by atoms with van der Waals surface area (Å²) in [4.78, 5) is 30.3. The van der Waals surface area contributed by atoms with Crippen molar-refractivity contribution in [2.45, 2.75) is 63.0 Å². The first kappa shape index (κ1) is 22.1. The lowest BCUT2D eigenvalue weighted by Crippen LogP contribution is -2.38. The molecular weight excluding hydrogens is 394 g/mol. The van der Waals surface area contributed by atoms with Gasteiger partial charge in [0.1, 0.15) is 0 Å². The van der Waals surface area contributed by atoms with E-state index in [0.29, 0.717) is 22.6 Å². The van der Waals surface area contributed by atoms with Crippen molar-refractivity contribution in [1.29, 1.82) is 0 Å². The van der Waals surface area contributed by atoms with Gasteiger partial charge in [0.05, 0.1) is 16.2 Å². The fourth-order valence-electron chi connectivity index (χ4n) is 3.33. The van der Waals surface area contributed by atoms with Gasteiger partial charge in [0.25, 0.3) is 5.56 Å². The van der Waals surface area contributed by atoms with Crippen LogP contribution in [-0.2, 0) is 17.8 Å². The molecular formula is C24H29N3O2S. The number of thioether (sulfide) groups is 1. The van der Waals surface area contributed by atoms with Gasteiger partial charge in [-0.2, -0.15) is 0 Å².